The van der Waals surface area contributed by atoms with Crippen LogP contribution < -0.4 is 5.32 Å². The zero-order valence-corrected chi connectivity index (χ0v) is 8.73. The molecule has 0 aromatic heterocycles. The van der Waals surface area contributed by atoms with Gasteiger partial charge in [-0.3, -0.25) is 0 Å². The highest BCUT2D eigenvalue weighted by molar-refractivity contribution is 4.55. The molecule has 0 radical (unpaired) electrons. The second kappa shape index (κ2) is 9.01. The third-order valence-electron chi connectivity index (χ3n) is 1.88. The molecule has 0 rings (SSSR count). The molecule has 1 N–H and O–H groups in total. The van der Waals surface area contributed by atoms with Gasteiger partial charge in [0.2, 0.25) is 0 Å². The summed E-state index contributed by atoms with van der Waals surface area (Å²) in [5, 5.41) is 3.41. The molecule has 1 unspecified atom stereocenters. The minimum atomic E-state index is 0.739. The van der Waals surface area contributed by atoms with Crippen LogP contribution in [0, 0.1) is 5.92 Å². The SMILES string of the molecule is CCCNCC(C)CCOCC. The molecule has 0 bridgehead atoms. The minimum Gasteiger partial charge on any atom is -0.382 e. The molecule has 0 aromatic rings. The Kier molecular flexibility index (Phi) is 8.95. The fourth-order valence-corrected chi connectivity index (χ4v) is 1.06. The molecule has 2 heteroatoms. The van der Waals surface area contributed by atoms with Crippen molar-refractivity contribution in [3.63, 3.8) is 0 Å². The maximum Gasteiger partial charge on any atom is 0.0468 e. The van der Waals surface area contributed by atoms with Gasteiger partial charge in [-0.1, -0.05) is 13.8 Å². The highest BCUT2D eigenvalue weighted by atomic mass is 16.5. The van der Waals surface area contributed by atoms with Crippen LogP contribution in [0.1, 0.15) is 33.6 Å². The molecule has 0 spiro atoms. The zero-order valence-electron chi connectivity index (χ0n) is 8.73. The lowest BCUT2D eigenvalue weighted by molar-refractivity contribution is 0.134. The molecule has 0 saturated heterocycles. The largest absolute Gasteiger partial charge is 0.382 e. The summed E-state index contributed by atoms with van der Waals surface area (Å²) in [6, 6.07) is 0. The Balaban J connectivity index is 3.04. The third-order valence-corrected chi connectivity index (χ3v) is 1.88. The van der Waals surface area contributed by atoms with Gasteiger partial charge in [-0.2, -0.15) is 0 Å². The van der Waals surface area contributed by atoms with Crippen molar-refractivity contribution in [2.24, 2.45) is 5.92 Å². The Morgan fingerprint density at radius 1 is 1.33 bits per heavy atom. The Hall–Kier alpha value is -0.0800. The van der Waals surface area contributed by atoms with Gasteiger partial charge in [0, 0.05) is 13.2 Å². The summed E-state index contributed by atoms with van der Waals surface area (Å²) in [7, 11) is 0. The van der Waals surface area contributed by atoms with Gasteiger partial charge < -0.3 is 10.1 Å². The van der Waals surface area contributed by atoms with Crippen molar-refractivity contribution in [3.8, 4) is 0 Å². The zero-order chi connectivity index (χ0) is 9.23. The van der Waals surface area contributed by atoms with Crippen LogP contribution in [0.5, 0.6) is 0 Å². The van der Waals surface area contributed by atoms with Gasteiger partial charge in [0.1, 0.15) is 0 Å². The average molecular weight is 173 g/mol. The Morgan fingerprint density at radius 3 is 2.67 bits per heavy atom. The number of hydrogen-bond acceptors (Lipinski definition) is 2. The Bertz CT molecular complexity index is 75.9. The summed E-state index contributed by atoms with van der Waals surface area (Å²) in [5.41, 5.74) is 0. The van der Waals surface area contributed by atoms with E-state index >= 15 is 0 Å². The van der Waals surface area contributed by atoms with Crippen LogP contribution in [0.3, 0.4) is 0 Å². The first kappa shape index (κ1) is 11.9. The van der Waals surface area contributed by atoms with Crippen LogP contribution in [-0.2, 0) is 4.74 Å². The topological polar surface area (TPSA) is 21.3 Å². The van der Waals surface area contributed by atoms with Crippen molar-refractivity contribution in [2.45, 2.75) is 33.6 Å². The van der Waals surface area contributed by atoms with Gasteiger partial charge in [0.25, 0.3) is 0 Å². The molecule has 12 heavy (non-hydrogen) atoms. The van der Waals surface area contributed by atoms with Crippen LogP contribution in [0.15, 0.2) is 0 Å². The molecule has 2 nitrogen and oxygen atoms in total. The quantitative estimate of drug-likeness (QED) is 0.567. The Labute approximate surface area is 76.7 Å². The summed E-state index contributed by atoms with van der Waals surface area (Å²) in [6.45, 7) is 10.5. The summed E-state index contributed by atoms with van der Waals surface area (Å²) < 4.78 is 5.28. The second-order valence-electron chi connectivity index (χ2n) is 3.29. The predicted octanol–water partition coefficient (Wildman–Crippen LogP) is 2.05. The van der Waals surface area contributed by atoms with Crippen molar-refractivity contribution in [2.75, 3.05) is 26.3 Å². The van der Waals surface area contributed by atoms with Crippen LogP contribution in [0.4, 0.5) is 0 Å². The monoisotopic (exact) mass is 173 g/mol. The standard InChI is InChI=1S/C10H23NO/c1-4-7-11-9-10(3)6-8-12-5-2/h10-11H,4-9H2,1-3H3. The number of nitrogens with one attached hydrogen (secondary N) is 1. The van der Waals surface area contributed by atoms with E-state index in [0.717, 1.165) is 32.2 Å². The van der Waals surface area contributed by atoms with Gasteiger partial charge in [0.15, 0.2) is 0 Å². The second-order valence-corrected chi connectivity index (χ2v) is 3.29. The lowest BCUT2D eigenvalue weighted by atomic mass is 10.1. The normalized spacial score (nSPS) is 13.2. The smallest absolute Gasteiger partial charge is 0.0468 e. The molecule has 1 atom stereocenters. The average Bonchev–Trinajstić information content (AvgIpc) is 2.06. The molecule has 0 aliphatic carbocycles. The third kappa shape index (κ3) is 8.02. The fraction of sp³-hybridized carbons (Fsp3) is 1.00. The highest BCUT2D eigenvalue weighted by Gasteiger charge is 1.99. The van der Waals surface area contributed by atoms with Crippen molar-refractivity contribution in [3.05, 3.63) is 0 Å². The molecule has 0 fully saturated rings. The van der Waals surface area contributed by atoms with E-state index in [1.165, 1.54) is 12.8 Å². The number of ether oxygens (including phenoxy) is 1. The van der Waals surface area contributed by atoms with Crippen LogP contribution >= 0.6 is 0 Å². The fourth-order valence-electron chi connectivity index (χ4n) is 1.06. The van der Waals surface area contributed by atoms with Crippen molar-refractivity contribution < 1.29 is 4.74 Å². The highest BCUT2D eigenvalue weighted by Crippen LogP contribution is 1.99. The first-order valence-corrected chi connectivity index (χ1v) is 5.09. The van der Waals surface area contributed by atoms with Crippen molar-refractivity contribution in [1.29, 1.82) is 0 Å². The van der Waals surface area contributed by atoms with Gasteiger partial charge in [-0.15, -0.1) is 0 Å². The van der Waals surface area contributed by atoms with E-state index in [2.05, 4.69) is 19.2 Å². The first-order chi connectivity index (χ1) is 5.81. The Morgan fingerprint density at radius 2 is 2.08 bits per heavy atom. The van der Waals surface area contributed by atoms with E-state index in [9.17, 15) is 0 Å². The molecule has 0 aliphatic heterocycles. The van der Waals surface area contributed by atoms with Crippen LogP contribution in [-0.4, -0.2) is 26.3 Å². The molecule has 0 aliphatic rings. The molecule has 74 valence electrons. The maximum atomic E-state index is 5.28. The van der Waals surface area contributed by atoms with E-state index in [1.54, 1.807) is 0 Å². The minimum absolute atomic E-state index is 0.739. The summed E-state index contributed by atoms with van der Waals surface area (Å²) in [6.07, 6.45) is 2.39. The van der Waals surface area contributed by atoms with Crippen molar-refractivity contribution >= 4 is 0 Å². The van der Waals surface area contributed by atoms with Gasteiger partial charge in [0.05, 0.1) is 0 Å². The molecule has 0 aromatic carbocycles. The predicted molar refractivity (Wildman–Crippen MR) is 53.4 cm³/mol. The van der Waals surface area contributed by atoms with Gasteiger partial charge in [-0.05, 0) is 38.8 Å². The molecule has 0 heterocycles. The van der Waals surface area contributed by atoms with Crippen LogP contribution in [0.25, 0.3) is 0 Å². The molecule has 0 saturated carbocycles. The van der Waals surface area contributed by atoms with E-state index < -0.39 is 0 Å². The van der Waals surface area contributed by atoms with Gasteiger partial charge in [-0.25, -0.2) is 0 Å². The first-order valence-electron chi connectivity index (χ1n) is 5.09. The lowest BCUT2D eigenvalue weighted by Gasteiger charge is -2.11. The molecule has 0 amide bonds. The summed E-state index contributed by atoms with van der Waals surface area (Å²) >= 11 is 0. The van der Waals surface area contributed by atoms with E-state index in [1.807, 2.05) is 6.92 Å². The van der Waals surface area contributed by atoms with E-state index in [0.29, 0.717) is 0 Å². The van der Waals surface area contributed by atoms with E-state index in [-0.39, 0.29) is 0 Å². The maximum absolute atomic E-state index is 5.28. The molecular formula is C10H23NO. The molecular weight excluding hydrogens is 150 g/mol. The lowest BCUT2D eigenvalue weighted by Crippen LogP contribution is -2.22. The van der Waals surface area contributed by atoms with Gasteiger partial charge >= 0.3 is 0 Å². The summed E-state index contributed by atoms with van der Waals surface area (Å²) in [4.78, 5) is 0. The van der Waals surface area contributed by atoms with Crippen molar-refractivity contribution in [1.82, 2.24) is 5.32 Å². The number of rotatable bonds is 8. The van der Waals surface area contributed by atoms with E-state index in [4.69, 9.17) is 4.74 Å². The summed E-state index contributed by atoms with van der Waals surface area (Å²) in [5.74, 6) is 0.739. The number of hydrogen-bond donors (Lipinski definition) is 1. The van der Waals surface area contributed by atoms with Crippen LogP contribution in [0.2, 0.25) is 0 Å².